The largest absolute Gasteiger partial charge is 0.487 e. The Labute approximate surface area is 677 Å². The Bertz CT molecular complexity index is 4660. The van der Waals surface area contributed by atoms with Crippen LogP contribution < -0.4 is 45.5 Å². The molecule has 25 nitrogen and oxygen atoms in total. The summed E-state index contributed by atoms with van der Waals surface area (Å²) in [4.78, 5) is 99.6. The first-order valence-electron chi connectivity index (χ1n) is 31.1. The van der Waals surface area contributed by atoms with Gasteiger partial charge in [-0.25, -0.2) is 4.39 Å². The van der Waals surface area contributed by atoms with E-state index in [9.17, 15) is 47.5 Å². The third-order valence-electron chi connectivity index (χ3n) is 13.6. The van der Waals surface area contributed by atoms with Crippen molar-refractivity contribution < 1.29 is 86.9 Å². The van der Waals surface area contributed by atoms with Crippen molar-refractivity contribution in [1.82, 2.24) is 5.32 Å². The second-order valence-corrected chi connectivity index (χ2v) is 28.6. The van der Waals surface area contributed by atoms with Gasteiger partial charge in [0.1, 0.15) is 56.0 Å². The number of amides is 5. The molecular weight excluding hydrogens is 1840 g/mol. The molecule has 562 valence electrons. The Hall–Kier alpha value is -9.95. The highest BCUT2D eigenvalue weighted by atomic mass is 79.9. The number of rotatable bonds is 27. The maximum absolute atomic E-state index is 13.7. The zero-order chi connectivity index (χ0) is 80.1. The van der Waals surface area contributed by atoms with Crippen LogP contribution >= 0.6 is 119 Å². The first-order valence-corrected chi connectivity index (χ1v) is 36.6. The van der Waals surface area contributed by atoms with Crippen molar-refractivity contribution in [2.24, 2.45) is 0 Å². The van der Waals surface area contributed by atoms with Crippen LogP contribution in [-0.4, -0.2) is 80.4 Å². The summed E-state index contributed by atoms with van der Waals surface area (Å²) in [5.74, 6) is -4.16. The van der Waals surface area contributed by atoms with Gasteiger partial charge in [0.05, 0.1) is 78.2 Å². The minimum absolute atomic E-state index is 0.0280. The number of carboxylic acid groups (broad SMARTS) is 4. The van der Waals surface area contributed by atoms with Crippen molar-refractivity contribution in [3.8, 4) is 41.2 Å². The lowest BCUT2D eigenvalue weighted by atomic mass is 10.1. The van der Waals surface area contributed by atoms with Gasteiger partial charge in [-0.1, -0.05) is 23.2 Å². The Morgan fingerprint density at radius 3 is 1.01 bits per heavy atom. The van der Waals surface area contributed by atoms with Gasteiger partial charge in [-0.15, -0.1) is 0 Å². The number of carbonyl (C=O) groups excluding carboxylic acids is 5. The maximum Gasteiger partial charge on any atom is 0.322 e. The standard InChI is InChI=1S/C19H15Br2N3O5.C19H16Br2N2O4.C19H16Cl2N2O4.C17H14Br2FNO4/c1-10(25)24-14-3-11(7-22)2-12(4-14)9-29-18-15(20)5-13(6-16(18)21)19(28)23-8-17(26)27;2*1-11(24)23-15-5-13(9-22)4-14(6-15)10-27-19-16(20)7-12(8-17(19)21)2-3-18(25)26;1-9(22)21-13-3-11(2-12(20)7-13)8-25-17-14(18)4-10(5-15(17)19)6-16(23)24/h2-6H,8-9H2,1H3,(H,23,28)(H,24,25)(H,26,27);2*4-8H,2-3,10H2,1H3,(H,23,24)(H,25,26);2-5,7H,6,8H2,1H3,(H,21,22)(H,23,24). The van der Waals surface area contributed by atoms with Gasteiger partial charge in [0.25, 0.3) is 5.91 Å². The number of carbonyl (C=O) groups is 9. The molecule has 0 saturated heterocycles. The lowest BCUT2D eigenvalue weighted by Crippen LogP contribution is -2.29. The number of hydrogen-bond acceptors (Lipinski definition) is 16. The second kappa shape index (κ2) is 43.8. The molecule has 0 bridgehead atoms. The first-order chi connectivity index (χ1) is 51.0. The van der Waals surface area contributed by atoms with Crippen LogP contribution in [0.15, 0.2) is 148 Å². The van der Waals surface area contributed by atoms with E-state index in [0.717, 1.165) is 11.1 Å². The number of halogens is 9. The minimum atomic E-state index is -1.14. The van der Waals surface area contributed by atoms with Crippen molar-refractivity contribution >= 4 is 195 Å². The van der Waals surface area contributed by atoms with Crippen molar-refractivity contribution in [3.05, 3.63) is 225 Å². The average molecular weight is 1900 g/mol. The molecule has 0 aliphatic rings. The zero-order valence-corrected chi connectivity index (χ0v) is 68.0. The van der Waals surface area contributed by atoms with Gasteiger partial charge in [0.15, 0.2) is 5.75 Å². The number of nitrogens with one attached hydrogen (secondary N) is 5. The van der Waals surface area contributed by atoms with Gasteiger partial charge < -0.3 is 66.0 Å². The quantitative estimate of drug-likeness (QED) is 0.0231. The highest BCUT2D eigenvalue weighted by molar-refractivity contribution is 9.12. The molecular formula is C74H61Br6Cl2FN8O17. The van der Waals surface area contributed by atoms with Crippen LogP contribution in [0.4, 0.5) is 27.1 Å². The van der Waals surface area contributed by atoms with Crippen LogP contribution in [0.5, 0.6) is 23.0 Å². The van der Waals surface area contributed by atoms with E-state index >= 15 is 0 Å². The smallest absolute Gasteiger partial charge is 0.322 e. The van der Waals surface area contributed by atoms with Gasteiger partial charge in [0, 0.05) is 68.8 Å². The van der Waals surface area contributed by atoms with Crippen LogP contribution in [-0.2, 0) is 84.0 Å². The third kappa shape index (κ3) is 31.1. The fraction of sp³-hybridized carbons (Fsp3) is 0.189. The molecule has 0 saturated carbocycles. The molecule has 5 amide bonds. The van der Waals surface area contributed by atoms with E-state index in [0.29, 0.717) is 124 Å². The van der Waals surface area contributed by atoms with Crippen molar-refractivity contribution in [3.63, 3.8) is 0 Å². The SMILES string of the molecule is CC(=O)Nc1cc(C#N)cc(COc2c(Br)cc(C(=O)NCC(=O)O)cc2Br)c1.CC(=O)Nc1cc(C#N)cc(COc2c(Br)cc(CCC(=O)O)cc2Br)c1.CC(=O)Nc1cc(C#N)cc(COc2c(Cl)cc(CCC(=O)O)cc2Cl)c1.CC(=O)Nc1cc(F)cc(COc2c(Br)cc(CC(=O)O)cc2Br)c1. The summed E-state index contributed by atoms with van der Waals surface area (Å²) >= 11 is 32.7. The van der Waals surface area contributed by atoms with E-state index in [4.69, 9.17) is 78.4 Å². The van der Waals surface area contributed by atoms with Gasteiger partial charge in [-0.05, 0) is 269 Å². The van der Waals surface area contributed by atoms with Crippen LogP contribution in [0.3, 0.4) is 0 Å². The van der Waals surface area contributed by atoms with E-state index in [1.165, 1.54) is 52.0 Å². The topological polar surface area (TPSA) is 403 Å². The number of nitrogens with zero attached hydrogens (tertiary/aromatic N) is 3. The normalized spacial score (nSPS) is 10.2. The molecule has 8 aromatic rings. The van der Waals surface area contributed by atoms with Crippen LogP contribution in [0.2, 0.25) is 10.0 Å². The average Bonchev–Trinajstić information content (AvgIpc) is 0.944. The molecule has 0 fully saturated rings. The molecule has 0 spiro atoms. The molecule has 108 heavy (non-hydrogen) atoms. The lowest BCUT2D eigenvalue weighted by Gasteiger charge is -2.13. The number of benzene rings is 8. The molecule has 8 aromatic carbocycles. The fourth-order valence-electron chi connectivity index (χ4n) is 9.38. The summed E-state index contributed by atoms with van der Waals surface area (Å²) in [5.41, 5.74) is 8.01. The number of carboxylic acids is 4. The molecule has 0 atom stereocenters. The lowest BCUT2D eigenvalue weighted by molar-refractivity contribution is -0.138. The van der Waals surface area contributed by atoms with Crippen LogP contribution in [0, 0.1) is 39.8 Å². The van der Waals surface area contributed by atoms with Gasteiger partial charge >= 0.3 is 23.9 Å². The van der Waals surface area contributed by atoms with Crippen molar-refractivity contribution in [2.45, 2.75) is 86.2 Å². The molecule has 0 radical (unpaired) electrons. The number of nitriles is 3. The van der Waals surface area contributed by atoms with E-state index in [1.807, 2.05) is 24.3 Å². The zero-order valence-electron chi connectivity index (χ0n) is 57.0. The highest BCUT2D eigenvalue weighted by Gasteiger charge is 2.19. The van der Waals surface area contributed by atoms with E-state index < -0.39 is 42.1 Å². The highest BCUT2D eigenvalue weighted by Crippen LogP contribution is 2.40. The molecule has 0 unspecified atom stereocenters. The van der Waals surface area contributed by atoms with E-state index in [-0.39, 0.29) is 90.7 Å². The predicted molar refractivity (Wildman–Crippen MR) is 420 cm³/mol. The van der Waals surface area contributed by atoms with Crippen molar-refractivity contribution in [1.29, 1.82) is 15.8 Å². The summed E-state index contributed by atoms with van der Waals surface area (Å²) in [6.45, 7) is 5.44. The third-order valence-corrected chi connectivity index (χ3v) is 17.7. The Kier molecular flexibility index (Phi) is 35.9. The number of hydrogen-bond donors (Lipinski definition) is 9. The Morgan fingerprint density at radius 1 is 0.389 bits per heavy atom. The molecule has 34 heteroatoms. The molecule has 0 aromatic heterocycles. The number of ether oxygens (including phenoxy) is 4. The number of aryl methyl sites for hydroxylation is 2. The summed E-state index contributed by atoms with van der Waals surface area (Å²) in [6, 6.07) is 38.2. The maximum atomic E-state index is 13.7. The molecule has 8 rings (SSSR count). The fourth-order valence-corrected chi connectivity index (χ4v) is 14.5. The second-order valence-electron chi connectivity index (χ2n) is 22.7. The number of aliphatic carboxylic acids is 4. The Balaban J connectivity index is 0.000000258. The number of anilines is 4. The van der Waals surface area contributed by atoms with Gasteiger partial charge in [-0.3, -0.25) is 43.2 Å². The summed E-state index contributed by atoms with van der Waals surface area (Å²) in [6.07, 6.45) is 0.629. The molecule has 0 heterocycles. The van der Waals surface area contributed by atoms with Gasteiger partial charge in [-0.2, -0.15) is 15.8 Å². The summed E-state index contributed by atoms with van der Waals surface area (Å²) in [7, 11) is 0. The minimum Gasteiger partial charge on any atom is -0.487 e. The van der Waals surface area contributed by atoms with E-state index in [1.54, 1.807) is 84.9 Å². The summed E-state index contributed by atoms with van der Waals surface area (Å²) < 4.78 is 40.2. The van der Waals surface area contributed by atoms with Crippen LogP contribution in [0.1, 0.15) is 107 Å². The molecule has 0 aliphatic heterocycles. The van der Waals surface area contributed by atoms with Crippen LogP contribution in [0.25, 0.3) is 0 Å². The monoisotopic (exact) mass is 1900 g/mol. The summed E-state index contributed by atoms with van der Waals surface area (Å²) in [5, 5.41) is 75.8. The first kappa shape index (κ1) is 88.7. The molecule has 9 N–H and O–H groups in total. The van der Waals surface area contributed by atoms with E-state index in [2.05, 4.69) is 128 Å². The van der Waals surface area contributed by atoms with Crippen molar-refractivity contribution in [2.75, 3.05) is 27.8 Å². The predicted octanol–water partition coefficient (Wildman–Crippen LogP) is 17.0. The van der Waals surface area contributed by atoms with Gasteiger partial charge in [0.2, 0.25) is 23.6 Å². The Morgan fingerprint density at radius 2 is 0.694 bits per heavy atom. The molecule has 0 aliphatic carbocycles.